The van der Waals surface area contributed by atoms with Crippen molar-refractivity contribution in [2.45, 2.75) is 63.4 Å². The Morgan fingerprint density at radius 2 is 1.53 bits per heavy atom. The number of nitrogens with one attached hydrogen (secondary N) is 2. The summed E-state index contributed by atoms with van der Waals surface area (Å²) in [5, 5.41) is 22.9. The Kier molecular flexibility index (Phi) is 8.64. The number of carboxylic acid groups (broad SMARTS) is 2. The van der Waals surface area contributed by atoms with Crippen LogP contribution in [0.2, 0.25) is 0 Å². The van der Waals surface area contributed by atoms with Crippen LogP contribution in [0.15, 0.2) is 0 Å². The third kappa shape index (κ3) is 7.01. The molecule has 11 nitrogen and oxygen atoms in total. The second-order valence-electron chi connectivity index (χ2n) is 7.65. The van der Waals surface area contributed by atoms with Gasteiger partial charge in [-0.25, -0.2) is 0 Å². The highest BCUT2D eigenvalue weighted by molar-refractivity contribution is 6.50. The second kappa shape index (κ2) is 11.0. The Labute approximate surface area is 174 Å². The first-order valence-corrected chi connectivity index (χ1v) is 10.1. The van der Waals surface area contributed by atoms with E-state index >= 15 is 0 Å². The van der Waals surface area contributed by atoms with E-state index in [1.165, 1.54) is 6.42 Å². The topological polar surface area (TPSA) is 168 Å². The summed E-state index contributed by atoms with van der Waals surface area (Å²) in [5.41, 5.74) is -2.14. The van der Waals surface area contributed by atoms with Gasteiger partial charge in [0.1, 0.15) is 0 Å². The van der Waals surface area contributed by atoms with Crippen LogP contribution in [-0.4, -0.2) is 65.6 Å². The van der Waals surface area contributed by atoms with Crippen molar-refractivity contribution in [1.29, 1.82) is 0 Å². The van der Waals surface area contributed by atoms with Crippen molar-refractivity contribution in [3.8, 4) is 0 Å². The molecular weight excluding hydrogens is 399 g/mol. The van der Waals surface area contributed by atoms with Gasteiger partial charge in [-0.15, -0.1) is 0 Å². The van der Waals surface area contributed by atoms with Gasteiger partial charge < -0.3 is 30.2 Å². The van der Waals surface area contributed by atoms with Gasteiger partial charge in [-0.05, 0) is 12.8 Å². The summed E-state index contributed by atoms with van der Waals surface area (Å²) in [6.45, 7) is -0.259. The first-order chi connectivity index (χ1) is 14.2. The average molecular weight is 426 g/mol. The van der Waals surface area contributed by atoms with Crippen molar-refractivity contribution in [2.75, 3.05) is 13.0 Å². The van der Waals surface area contributed by atoms with Crippen LogP contribution in [0.3, 0.4) is 0 Å². The summed E-state index contributed by atoms with van der Waals surface area (Å²) in [6, 6.07) is 0. The molecule has 2 amide bonds. The molecular formula is C18H27BN2O9. The summed E-state index contributed by atoms with van der Waals surface area (Å²) >= 11 is 0. The van der Waals surface area contributed by atoms with Crippen LogP contribution in [0.5, 0.6) is 0 Å². The van der Waals surface area contributed by atoms with Crippen molar-refractivity contribution in [3.63, 3.8) is 0 Å². The van der Waals surface area contributed by atoms with Crippen molar-refractivity contribution in [3.05, 3.63) is 0 Å². The van der Waals surface area contributed by atoms with E-state index in [1.807, 2.05) is 0 Å². The number of rotatable bonds is 9. The Morgan fingerprint density at radius 1 is 0.967 bits per heavy atom. The highest BCUT2D eigenvalue weighted by atomic mass is 16.7. The fourth-order valence-electron chi connectivity index (χ4n) is 3.70. The molecule has 0 unspecified atom stereocenters. The summed E-state index contributed by atoms with van der Waals surface area (Å²) in [6.07, 6.45) is 4.93. The smallest absolute Gasteiger partial charge is 0.506 e. The summed E-state index contributed by atoms with van der Waals surface area (Å²) in [7, 11) is -1.32. The van der Waals surface area contributed by atoms with Crippen LogP contribution in [0.1, 0.15) is 57.8 Å². The van der Waals surface area contributed by atoms with Gasteiger partial charge in [0.05, 0.1) is 25.8 Å². The van der Waals surface area contributed by atoms with Gasteiger partial charge in [0.25, 0.3) is 0 Å². The van der Waals surface area contributed by atoms with E-state index in [0.29, 0.717) is 0 Å². The van der Waals surface area contributed by atoms with Crippen LogP contribution in [0.25, 0.3) is 0 Å². The Hall–Kier alpha value is -2.63. The lowest BCUT2D eigenvalue weighted by Crippen LogP contribution is -2.45. The quantitative estimate of drug-likeness (QED) is 0.367. The van der Waals surface area contributed by atoms with Crippen LogP contribution < -0.4 is 10.6 Å². The number of amides is 2. The van der Waals surface area contributed by atoms with Crippen LogP contribution in [0, 0.1) is 5.92 Å². The fraction of sp³-hybridized carbons (Fsp3) is 0.722. The molecule has 30 heavy (non-hydrogen) atoms. The fourth-order valence-corrected chi connectivity index (χ4v) is 3.70. The van der Waals surface area contributed by atoms with E-state index in [-0.39, 0.29) is 24.8 Å². The molecule has 12 heteroatoms. The van der Waals surface area contributed by atoms with Gasteiger partial charge in [0, 0.05) is 5.92 Å². The molecule has 4 N–H and O–H groups in total. The van der Waals surface area contributed by atoms with E-state index < -0.39 is 49.4 Å². The van der Waals surface area contributed by atoms with Gasteiger partial charge in [-0.1, -0.05) is 32.1 Å². The SMILES string of the molecule is O=C(O)CC1(CC(=O)O)OB(CNC(=O)CNC(=O)C2CCCCCCC2)OC1=O. The first kappa shape index (κ1) is 23.7. The minimum Gasteiger partial charge on any atom is -0.506 e. The minimum atomic E-state index is -2.14. The molecule has 0 aromatic carbocycles. The summed E-state index contributed by atoms with van der Waals surface area (Å²) in [4.78, 5) is 58.3. The van der Waals surface area contributed by atoms with Gasteiger partial charge in [0.15, 0.2) is 5.60 Å². The third-order valence-electron chi connectivity index (χ3n) is 5.21. The molecule has 0 radical (unpaired) electrons. The van der Waals surface area contributed by atoms with E-state index in [2.05, 4.69) is 10.6 Å². The largest absolute Gasteiger partial charge is 0.548 e. The van der Waals surface area contributed by atoms with Crippen molar-refractivity contribution >= 4 is 36.8 Å². The minimum absolute atomic E-state index is 0.107. The lowest BCUT2D eigenvalue weighted by molar-refractivity contribution is -0.157. The lowest BCUT2D eigenvalue weighted by Gasteiger charge is -2.21. The standard InChI is InChI=1S/C18H27BN2O9/c22-13(10-20-16(27)12-6-4-2-1-3-5-7-12)21-11-19-29-17(28)18(30-19,8-14(23)24)9-15(25)26/h12H,1-11H2,(H,20,27)(H,21,22)(H,23,24)(H,25,26). The Morgan fingerprint density at radius 3 is 2.10 bits per heavy atom. The van der Waals surface area contributed by atoms with Crippen molar-refractivity contribution < 1.29 is 43.5 Å². The van der Waals surface area contributed by atoms with Gasteiger partial charge in [0.2, 0.25) is 11.8 Å². The molecule has 1 heterocycles. The van der Waals surface area contributed by atoms with Crippen molar-refractivity contribution in [1.82, 2.24) is 10.6 Å². The van der Waals surface area contributed by atoms with Crippen LogP contribution in [-0.2, 0) is 33.3 Å². The molecule has 2 aliphatic rings. The zero-order chi connectivity index (χ0) is 22.1. The number of hydrogen-bond donors (Lipinski definition) is 4. The molecule has 0 spiro atoms. The Bertz CT molecular complexity index is 661. The predicted molar refractivity (Wildman–Crippen MR) is 102 cm³/mol. The molecule has 0 aromatic rings. The van der Waals surface area contributed by atoms with E-state index in [9.17, 15) is 24.0 Å². The molecule has 2 rings (SSSR count). The first-order valence-electron chi connectivity index (χ1n) is 10.1. The summed E-state index contributed by atoms with van der Waals surface area (Å²) in [5.74, 6) is -4.76. The molecule has 1 aliphatic carbocycles. The second-order valence-corrected chi connectivity index (χ2v) is 7.65. The van der Waals surface area contributed by atoms with Crippen molar-refractivity contribution in [2.24, 2.45) is 5.92 Å². The molecule has 1 saturated heterocycles. The van der Waals surface area contributed by atoms with E-state index in [0.717, 1.165) is 38.5 Å². The normalized spacial score (nSPS) is 19.3. The monoisotopic (exact) mass is 426 g/mol. The zero-order valence-corrected chi connectivity index (χ0v) is 16.7. The Balaban J connectivity index is 1.78. The van der Waals surface area contributed by atoms with Gasteiger partial charge in [-0.3, -0.25) is 24.0 Å². The molecule has 166 valence electrons. The molecule has 2 fully saturated rings. The molecule has 1 saturated carbocycles. The number of carboxylic acids is 2. The summed E-state index contributed by atoms with van der Waals surface area (Å²) < 4.78 is 10.1. The van der Waals surface area contributed by atoms with E-state index in [1.54, 1.807) is 0 Å². The van der Waals surface area contributed by atoms with Gasteiger partial charge in [-0.2, -0.15) is 0 Å². The highest BCUT2D eigenvalue weighted by Crippen LogP contribution is 2.30. The third-order valence-corrected chi connectivity index (χ3v) is 5.21. The maximum absolute atomic E-state index is 12.3. The molecule has 0 aromatic heterocycles. The maximum Gasteiger partial charge on any atom is 0.548 e. The molecule has 0 bridgehead atoms. The highest BCUT2D eigenvalue weighted by Gasteiger charge is 2.55. The molecule has 1 aliphatic heterocycles. The molecule has 0 atom stereocenters. The van der Waals surface area contributed by atoms with Gasteiger partial charge >= 0.3 is 25.0 Å². The lowest BCUT2D eigenvalue weighted by atomic mass is 9.89. The number of carbonyl (C=O) groups excluding carboxylic acids is 3. The van der Waals surface area contributed by atoms with Crippen LogP contribution in [0.4, 0.5) is 0 Å². The van der Waals surface area contributed by atoms with E-state index in [4.69, 9.17) is 19.5 Å². The zero-order valence-electron chi connectivity index (χ0n) is 16.7. The average Bonchev–Trinajstić information content (AvgIpc) is 2.91. The maximum atomic E-state index is 12.3. The van der Waals surface area contributed by atoms with Crippen LogP contribution >= 0.6 is 0 Å². The number of aliphatic carboxylic acids is 2. The number of carbonyl (C=O) groups is 5. The number of hydrogen-bond acceptors (Lipinski definition) is 7. The predicted octanol–water partition coefficient (Wildman–Crippen LogP) is -0.132.